The van der Waals surface area contributed by atoms with Gasteiger partial charge in [-0.2, -0.15) is 4.52 Å². The molecule has 0 N–H and O–H groups in total. The van der Waals surface area contributed by atoms with Crippen molar-refractivity contribution in [3.63, 3.8) is 0 Å². The molecule has 30 heavy (non-hydrogen) atoms. The first-order valence-electron chi connectivity index (χ1n) is 10.5. The third-order valence-electron chi connectivity index (χ3n) is 6.12. The molecule has 152 valence electrons. The summed E-state index contributed by atoms with van der Waals surface area (Å²) in [6.07, 6.45) is 5.74. The molecule has 0 saturated carbocycles. The van der Waals surface area contributed by atoms with Gasteiger partial charge in [0.1, 0.15) is 10.7 Å². The molecule has 5 aromatic rings. The molecule has 0 aliphatic heterocycles. The molecule has 1 aliphatic rings. The van der Waals surface area contributed by atoms with Crippen LogP contribution >= 0.6 is 11.3 Å². The van der Waals surface area contributed by atoms with Crippen LogP contribution in [0.4, 0.5) is 0 Å². The van der Waals surface area contributed by atoms with Crippen molar-refractivity contribution in [1.29, 1.82) is 0 Å². The number of para-hydroxylation sites is 1. The van der Waals surface area contributed by atoms with E-state index in [0.29, 0.717) is 0 Å². The largest absolute Gasteiger partial charge is 0.345 e. The predicted molar refractivity (Wildman–Crippen MR) is 122 cm³/mol. The van der Waals surface area contributed by atoms with Crippen LogP contribution < -0.4 is 0 Å². The van der Waals surface area contributed by atoms with Gasteiger partial charge in [0.15, 0.2) is 11.5 Å². The summed E-state index contributed by atoms with van der Waals surface area (Å²) in [5, 5.41) is 7.33. The molecule has 6 nitrogen and oxygen atoms in total. The number of fused-ring (bicyclic) bond motifs is 6. The third kappa shape index (κ3) is 2.62. The van der Waals surface area contributed by atoms with Crippen LogP contribution in [0, 0.1) is 6.92 Å². The average molecular weight is 417 g/mol. The van der Waals surface area contributed by atoms with E-state index in [0.717, 1.165) is 47.2 Å². The molecule has 7 heteroatoms. The zero-order valence-electron chi connectivity index (χ0n) is 17.5. The summed E-state index contributed by atoms with van der Waals surface area (Å²) < 4.78 is 4.26. The number of nitrogens with zero attached hydrogens (tertiary/aromatic N) is 6. The van der Waals surface area contributed by atoms with Gasteiger partial charge in [-0.1, -0.05) is 18.2 Å². The van der Waals surface area contributed by atoms with Gasteiger partial charge in [0, 0.05) is 40.6 Å². The molecule has 4 aromatic heterocycles. The lowest BCUT2D eigenvalue weighted by molar-refractivity contribution is 0.387. The fraction of sp³-hybridized carbons (Fsp3) is 0.348. The summed E-state index contributed by atoms with van der Waals surface area (Å²) >= 11 is 1.84. The van der Waals surface area contributed by atoms with E-state index >= 15 is 0 Å². The van der Waals surface area contributed by atoms with Crippen molar-refractivity contribution in [3.8, 4) is 11.4 Å². The number of rotatable bonds is 4. The second kappa shape index (κ2) is 6.62. The maximum absolute atomic E-state index is 5.08. The first-order valence-corrected chi connectivity index (χ1v) is 11.3. The zero-order chi connectivity index (χ0) is 20.4. The molecule has 0 saturated heterocycles. The zero-order valence-corrected chi connectivity index (χ0v) is 18.3. The molecule has 0 fully saturated rings. The summed E-state index contributed by atoms with van der Waals surface area (Å²) in [6, 6.07) is 8.54. The third-order valence-corrected chi connectivity index (χ3v) is 7.31. The van der Waals surface area contributed by atoms with Gasteiger partial charge in [-0.25, -0.2) is 9.97 Å². The molecule has 4 heterocycles. The Morgan fingerprint density at radius 2 is 2.00 bits per heavy atom. The van der Waals surface area contributed by atoms with E-state index in [1.807, 2.05) is 22.8 Å². The van der Waals surface area contributed by atoms with Gasteiger partial charge in [0.25, 0.3) is 0 Å². The highest BCUT2D eigenvalue weighted by atomic mass is 32.1. The Balaban J connectivity index is 1.58. The molecular weight excluding hydrogens is 392 g/mol. The fourth-order valence-corrected chi connectivity index (χ4v) is 5.93. The highest BCUT2D eigenvalue weighted by Gasteiger charge is 2.24. The van der Waals surface area contributed by atoms with Crippen molar-refractivity contribution in [3.05, 3.63) is 46.7 Å². The van der Waals surface area contributed by atoms with Gasteiger partial charge < -0.3 is 9.47 Å². The molecule has 1 aliphatic carbocycles. The van der Waals surface area contributed by atoms with Crippen molar-refractivity contribution >= 4 is 38.1 Å². The normalized spacial score (nSPS) is 14.0. The molecule has 6 rings (SSSR count). The van der Waals surface area contributed by atoms with E-state index in [-0.39, 0.29) is 0 Å². The van der Waals surface area contributed by atoms with Crippen LogP contribution in [-0.2, 0) is 19.4 Å². The van der Waals surface area contributed by atoms with E-state index in [1.165, 1.54) is 39.6 Å². The minimum atomic E-state index is 0.783. The highest BCUT2D eigenvalue weighted by Crippen LogP contribution is 2.39. The topological polar surface area (TPSA) is 51.2 Å². The van der Waals surface area contributed by atoms with Crippen LogP contribution in [0.2, 0.25) is 0 Å². The van der Waals surface area contributed by atoms with E-state index in [1.54, 1.807) is 0 Å². The van der Waals surface area contributed by atoms with Gasteiger partial charge >= 0.3 is 0 Å². The van der Waals surface area contributed by atoms with Gasteiger partial charge in [0.05, 0.1) is 5.39 Å². The van der Waals surface area contributed by atoms with Crippen LogP contribution in [0.25, 0.3) is 38.2 Å². The number of hydrogen-bond donors (Lipinski definition) is 0. The fourth-order valence-electron chi connectivity index (χ4n) is 4.62. The molecule has 0 unspecified atom stereocenters. The molecule has 0 radical (unpaired) electrons. The quantitative estimate of drug-likeness (QED) is 0.438. The van der Waals surface area contributed by atoms with Crippen LogP contribution in [0.1, 0.15) is 22.7 Å². The Hall–Kier alpha value is -2.77. The van der Waals surface area contributed by atoms with E-state index in [2.05, 4.69) is 54.0 Å². The monoisotopic (exact) mass is 416 g/mol. The minimum absolute atomic E-state index is 0.783. The summed E-state index contributed by atoms with van der Waals surface area (Å²) in [4.78, 5) is 14.7. The number of thiophene rings is 1. The van der Waals surface area contributed by atoms with Crippen LogP contribution in [0.3, 0.4) is 0 Å². The molecule has 0 spiro atoms. The van der Waals surface area contributed by atoms with Crippen LogP contribution in [-0.4, -0.2) is 49.7 Å². The number of aryl methyl sites for hydroxylation is 3. The van der Waals surface area contributed by atoms with E-state index in [9.17, 15) is 0 Å². The number of aromatic nitrogens is 5. The van der Waals surface area contributed by atoms with Crippen molar-refractivity contribution in [1.82, 2.24) is 29.0 Å². The number of benzene rings is 1. The lowest BCUT2D eigenvalue weighted by Crippen LogP contribution is -2.17. The second-order valence-corrected chi connectivity index (χ2v) is 9.51. The van der Waals surface area contributed by atoms with Gasteiger partial charge in [0.2, 0.25) is 0 Å². The highest BCUT2D eigenvalue weighted by molar-refractivity contribution is 7.19. The Bertz CT molecular complexity index is 1420. The summed E-state index contributed by atoms with van der Waals surface area (Å²) in [7, 11) is 4.22. The van der Waals surface area contributed by atoms with E-state index < -0.39 is 0 Å². The van der Waals surface area contributed by atoms with Crippen molar-refractivity contribution in [2.45, 2.75) is 32.7 Å². The van der Waals surface area contributed by atoms with Crippen molar-refractivity contribution in [2.24, 2.45) is 0 Å². The predicted octanol–water partition coefficient (Wildman–Crippen LogP) is 4.32. The molecule has 0 amide bonds. The molecule has 0 atom stereocenters. The number of likely N-dealkylation sites (N-methyl/N-ethyl adjacent to an activating group) is 1. The minimum Gasteiger partial charge on any atom is -0.345 e. The van der Waals surface area contributed by atoms with E-state index in [4.69, 9.17) is 15.1 Å². The van der Waals surface area contributed by atoms with Crippen molar-refractivity contribution in [2.75, 3.05) is 20.6 Å². The molecule has 1 aromatic carbocycles. The smallest absolute Gasteiger partial charge is 0.184 e. The first kappa shape index (κ1) is 18.0. The standard InChI is InChI=1S/C23H24N6S/c1-14-24-23-20(16-8-6-10-19(16)30-23)22-25-21(26-29(14)22)17-13-28(12-11-27(2)3)18-9-5-4-7-15(17)18/h4-5,7,9,13H,6,8,10-12H2,1-3H3. The second-order valence-electron chi connectivity index (χ2n) is 8.42. The molecule has 0 bridgehead atoms. The Labute approximate surface area is 178 Å². The van der Waals surface area contributed by atoms with Crippen molar-refractivity contribution < 1.29 is 0 Å². The average Bonchev–Trinajstić information content (AvgIpc) is 3.47. The maximum Gasteiger partial charge on any atom is 0.184 e. The Morgan fingerprint density at radius 1 is 1.13 bits per heavy atom. The van der Waals surface area contributed by atoms with Crippen LogP contribution in [0.5, 0.6) is 0 Å². The lowest BCUT2D eigenvalue weighted by Gasteiger charge is -2.10. The maximum atomic E-state index is 5.08. The summed E-state index contributed by atoms with van der Waals surface area (Å²) in [5.74, 6) is 1.68. The SMILES string of the molecule is Cc1nc2sc3c(c2c2nc(-c4cn(CCN(C)C)c5ccccc45)nn12)CCC3. The Morgan fingerprint density at radius 3 is 2.87 bits per heavy atom. The summed E-state index contributed by atoms with van der Waals surface area (Å²) in [5.41, 5.74) is 4.72. The number of hydrogen-bond acceptors (Lipinski definition) is 5. The summed E-state index contributed by atoms with van der Waals surface area (Å²) in [6.45, 7) is 3.95. The van der Waals surface area contributed by atoms with Gasteiger partial charge in [-0.3, -0.25) is 0 Å². The Kier molecular flexibility index (Phi) is 3.98. The van der Waals surface area contributed by atoms with Gasteiger partial charge in [-0.15, -0.1) is 16.4 Å². The molecular formula is C23H24N6S. The van der Waals surface area contributed by atoms with Crippen LogP contribution in [0.15, 0.2) is 30.5 Å². The lowest BCUT2D eigenvalue weighted by atomic mass is 10.1. The van der Waals surface area contributed by atoms with Gasteiger partial charge in [-0.05, 0) is 51.9 Å². The first-order chi connectivity index (χ1) is 14.6.